The Morgan fingerprint density at radius 3 is 2.06 bits per heavy atom. The summed E-state index contributed by atoms with van der Waals surface area (Å²) in [4.78, 5) is 23.1. The van der Waals surface area contributed by atoms with E-state index in [2.05, 4.69) is 0 Å². The second-order valence-corrected chi connectivity index (χ2v) is 5.38. The van der Waals surface area contributed by atoms with Gasteiger partial charge in [0.1, 0.15) is 5.54 Å². The van der Waals surface area contributed by atoms with Crippen molar-refractivity contribution in [3.8, 4) is 0 Å². The highest BCUT2D eigenvalue weighted by molar-refractivity contribution is 5.90. The van der Waals surface area contributed by atoms with Crippen molar-refractivity contribution in [1.82, 2.24) is 4.90 Å². The second-order valence-electron chi connectivity index (χ2n) is 5.38. The smallest absolute Gasteiger partial charge is 0.408 e. The lowest BCUT2D eigenvalue weighted by Crippen LogP contribution is -2.63. The second kappa shape index (κ2) is 3.54. The van der Waals surface area contributed by atoms with Gasteiger partial charge >= 0.3 is 6.09 Å². The number of carbonyl (C=O) groups is 2. The zero-order valence-electron chi connectivity index (χ0n) is 9.96. The van der Waals surface area contributed by atoms with Gasteiger partial charge < -0.3 is 10.8 Å². The summed E-state index contributed by atoms with van der Waals surface area (Å²) in [5.74, 6) is -4.27. The predicted octanol–water partition coefficient (Wildman–Crippen LogP) is 1.28. The number of carbonyl (C=O) groups excluding carboxylic acids is 1. The maximum Gasteiger partial charge on any atom is 0.408 e. The third kappa shape index (κ3) is 1.94. The Morgan fingerprint density at radius 2 is 1.82 bits per heavy atom. The van der Waals surface area contributed by atoms with E-state index in [0.717, 1.165) is 0 Å². The number of alkyl halides is 2. The number of primary amides is 1. The summed E-state index contributed by atoms with van der Waals surface area (Å²) < 4.78 is 26.9. The lowest BCUT2D eigenvalue weighted by Gasteiger charge is -2.43. The molecule has 3 N–H and O–H groups in total. The van der Waals surface area contributed by atoms with Gasteiger partial charge in [0, 0.05) is 6.42 Å². The molecule has 1 atom stereocenters. The van der Waals surface area contributed by atoms with Crippen LogP contribution < -0.4 is 5.73 Å². The van der Waals surface area contributed by atoms with Crippen molar-refractivity contribution < 1.29 is 23.5 Å². The standard InChI is InChI=1S/C10H16F2N2O3/c1-8(2,3)10(6(13)15)4-9(11,12)5-14(10)7(16)17/h4-5H2,1-3H3,(H2,13,15)(H,16,17)/t10-/m1/s1. The number of hydrogen-bond donors (Lipinski definition) is 2. The van der Waals surface area contributed by atoms with Gasteiger partial charge in [-0.3, -0.25) is 9.69 Å². The van der Waals surface area contributed by atoms with Crippen molar-refractivity contribution in [1.29, 1.82) is 0 Å². The van der Waals surface area contributed by atoms with E-state index >= 15 is 0 Å². The minimum atomic E-state index is -3.24. The van der Waals surface area contributed by atoms with Gasteiger partial charge in [0.15, 0.2) is 0 Å². The first kappa shape index (κ1) is 13.7. The molecule has 1 aliphatic rings. The van der Waals surface area contributed by atoms with Gasteiger partial charge in [-0.15, -0.1) is 0 Å². The molecule has 2 amide bonds. The Morgan fingerprint density at radius 1 is 1.35 bits per heavy atom. The third-order valence-electron chi connectivity index (χ3n) is 3.24. The maximum atomic E-state index is 13.4. The van der Waals surface area contributed by atoms with Crippen LogP contribution in [0.15, 0.2) is 0 Å². The molecule has 1 aliphatic heterocycles. The average molecular weight is 250 g/mol. The first-order valence-electron chi connectivity index (χ1n) is 5.12. The van der Waals surface area contributed by atoms with Crippen molar-refractivity contribution in [2.45, 2.75) is 38.7 Å². The van der Waals surface area contributed by atoms with E-state index in [1.165, 1.54) is 20.8 Å². The van der Waals surface area contributed by atoms with Crippen LogP contribution in [0.4, 0.5) is 13.6 Å². The van der Waals surface area contributed by atoms with Crippen LogP contribution in [0.1, 0.15) is 27.2 Å². The number of hydrogen-bond acceptors (Lipinski definition) is 2. The molecule has 0 saturated carbocycles. The molecule has 17 heavy (non-hydrogen) atoms. The number of carboxylic acid groups (broad SMARTS) is 1. The van der Waals surface area contributed by atoms with Gasteiger partial charge in [-0.25, -0.2) is 13.6 Å². The minimum Gasteiger partial charge on any atom is -0.465 e. The number of amides is 2. The normalized spacial score (nSPS) is 28.2. The minimum absolute atomic E-state index is 0.468. The van der Waals surface area contributed by atoms with Gasteiger partial charge in [0.05, 0.1) is 6.54 Å². The molecule has 0 unspecified atom stereocenters. The lowest BCUT2D eigenvalue weighted by atomic mass is 9.71. The molecule has 0 bridgehead atoms. The molecule has 0 aromatic carbocycles. The average Bonchev–Trinajstić information content (AvgIpc) is 2.37. The van der Waals surface area contributed by atoms with Gasteiger partial charge in [-0.2, -0.15) is 0 Å². The van der Waals surface area contributed by atoms with E-state index in [-0.39, 0.29) is 0 Å². The van der Waals surface area contributed by atoms with Crippen LogP contribution in [0.2, 0.25) is 0 Å². The van der Waals surface area contributed by atoms with E-state index in [4.69, 9.17) is 10.8 Å². The van der Waals surface area contributed by atoms with Crippen molar-refractivity contribution in [2.24, 2.45) is 11.1 Å². The van der Waals surface area contributed by atoms with Crippen molar-refractivity contribution in [2.75, 3.05) is 6.54 Å². The molecule has 1 rings (SSSR count). The van der Waals surface area contributed by atoms with Crippen molar-refractivity contribution >= 4 is 12.0 Å². The Labute approximate surface area is 97.6 Å². The summed E-state index contributed by atoms with van der Waals surface area (Å²) in [5.41, 5.74) is 2.32. The van der Waals surface area contributed by atoms with Crippen molar-refractivity contribution in [3.63, 3.8) is 0 Å². The fraction of sp³-hybridized carbons (Fsp3) is 0.800. The molecule has 1 saturated heterocycles. The first-order chi connectivity index (χ1) is 7.44. The zero-order chi connectivity index (χ0) is 13.6. The monoisotopic (exact) mass is 250 g/mol. The van der Waals surface area contributed by atoms with E-state index in [1.807, 2.05) is 0 Å². The number of nitrogens with two attached hydrogens (primary N) is 1. The summed E-state index contributed by atoms with van der Waals surface area (Å²) in [6.45, 7) is 3.57. The fourth-order valence-corrected chi connectivity index (χ4v) is 2.38. The highest BCUT2D eigenvalue weighted by atomic mass is 19.3. The fourth-order valence-electron chi connectivity index (χ4n) is 2.38. The molecule has 0 spiro atoms. The topological polar surface area (TPSA) is 83.6 Å². The Kier molecular flexibility index (Phi) is 2.85. The zero-order valence-corrected chi connectivity index (χ0v) is 9.96. The number of rotatable bonds is 1. The van der Waals surface area contributed by atoms with E-state index < -0.39 is 41.8 Å². The third-order valence-corrected chi connectivity index (χ3v) is 3.24. The molecule has 0 aliphatic carbocycles. The molecule has 1 fully saturated rings. The van der Waals surface area contributed by atoms with Crippen LogP contribution in [0.5, 0.6) is 0 Å². The van der Waals surface area contributed by atoms with Crippen LogP contribution in [-0.4, -0.2) is 40.0 Å². The van der Waals surface area contributed by atoms with Gasteiger partial charge in [0.2, 0.25) is 5.91 Å². The Hall–Kier alpha value is -1.40. The highest BCUT2D eigenvalue weighted by Gasteiger charge is 2.65. The van der Waals surface area contributed by atoms with E-state index in [0.29, 0.717) is 4.90 Å². The summed E-state index contributed by atoms with van der Waals surface area (Å²) in [6.07, 6.45) is -2.43. The van der Waals surface area contributed by atoms with E-state index in [1.54, 1.807) is 0 Å². The number of likely N-dealkylation sites (tertiary alicyclic amines) is 1. The molecular weight excluding hydrogens is 234 g/mol. The van der Waals surface area contributed by atoms with Crippen LogP contribution >= 0.6 is 0 Å². The summed E-state index contributed by atoms with van der Waals surface area (Å²) in [6, 6.07) is 0. The van der Waals surface area contributed by atoms with E-state index in [9.17, 15) is 18.4 Å². The Bertz CT molecular complexity index is 365. The van der Waals surface area contributed by atoms with Gasteiger partial charge in [0.25, 0.3) is 5.92 Å². The highest BCUT2D eigenvalue weighted by Crippen LogP contribution is 2.48. The molecule has 98 valence electrons. The predicted molar refractivity (Wildman–Crippen MR) is 55.7 cm³/mol. The van der Waals surface area contributed by atoms with Gasteiger partial charge in [-0.1, -0.05) is 20.8 Å². The van der Waals surface area contributed by atoms with Crippen molar-refractivity contribution in [3.05, 3.63) is 0 Å². The summed E-state index contributed by atoms with van der Waals surface area (Å²) in [5, 5.41) is 8.98. The first-order valence-corrected chi connectivity index (χ1v) is 5.12. The van der Waals surface area contributed by atoms with Crippen LogP contribution in [0.3, 0.4) is 0 Å². The molecule has 0 aromatic heterocycles. The number of nitrogens with zero attached hydrogens (tertiary/aromatic N) is 1. The number of halogens is 2. The van der Waals surface area contributed by atoms with Crippen LogP contribution in [-0.2, 0) is 4.79 Å². The molecule has 0 aromatic rings. The largest absolute Gasteiger partial charge is 0.465 e. The molecule has 0 radical (unpaired) electrons. The summed E-state index contributed by atoms with van der Waals surface area (Å²) in [7, 11) is 0. The molecule has 7 heteroatoms. The quantitative estimate of drug-likeness (QED) is 0.735. The summed E-state index contributed by atoms with van der Waals surface area (Å²) >= 11 is 0. The Balaban J connectivity index is 3.38. The van der Waals surface area contributed by atoms with Crippen LogP contribution in [0.25, 0.3) is 0 Å². The SMILES string of the molecule is CC(C)(C)[C@]1(C(N)=O)CC(F)(F)CN1C(=O)O. The molecular formula is C10H16F2N2O3. The molecule has 5 nitrogen and oxygen atoms in total. The molecule has 1 heterocycles. The van der Waals surface area contributed by atoms with Gasteiger partial charge in [-0.05, 0) is 5.41 Å². The van der Waals surface area contributed by atoms with Crippen LogP contribution in [0, 0.1) is 5.41 Å². The lowest BCUT2D eigenvalue weighted by molar-refractivity contribution is -0.134. The maximum absolute atomic E-state index is 13.4.